The minimum absolute atomic E-state index is 0.0771. The number of imidazole rings is 1. The van der Waals surface area contributed by atoms with E-state index < -0.39 is 11.9 Å². The van der Waals surface area contributed by atoms with Crippen molar-refractivity contribution in [3.63, 3.8) is 0 Å². The molecule has 0 radical (unpaired) electrons. The van der Waals surface area contributed by atoms with Crippen LogP contribution in [0.1, 0.15) is 71.4 Å². The van der Waals surface area contributed by atoms with Crippen molar-refractivity contribution in [1.29, 1.82) is 0 Å². The molecule has 1 N–H and O–H groups in total. The van der Waals surface area contributed by atoms with E-state index in [0.29, 0.717) is 49.5 Å². The minimum Gasteiger partial charge on any atom is -0.371 e. The molecule has 3 aliphatic heterocycles. The number of thiazole rings is 1. The highest BCUT2D eigenvalue weighted by Crippen LogP contribution is 2.38. The molecule has 0 spiro atoms. The summed E-state index contributed by atoms with van der Waals surface area (Å²) in [5.41, 5.74) is 7.83. The van der Waals surface area contributed by atoms with Crippen LogP contribution in [-0.4, -0.2) is 97.6 Å². The van der Waals surface area contributed by atoms with Gasteiger partial charge in [-0.15, -0.1) is 11.3 Å². The summed E-state index contributed by atoms with van der Waals surface area (Å²) in [5, 5.41) is 7.46. The van der Waals surface area contributed by atoms with E-state index in [1.165, 1.54) is 10.1 Å². The van der Waals surface area contributed by atoms with Gasteiger partial charge in [-0.05, 0) is 85.2 Å². The van der Waals surface area contributed by atoms with Gasteiger partial charge in [0.05, 0.1) is 21.3 Å². The molecule has 3 aromatic carbocycles. The molecule has 0 bridgehead atoms. The fourth-order valence-corrected chi connectivity index (χ4v) is 9.93. The molecular formula is C45H47N9O5S. The van der Waals surface area contributed by atoms with Gasteiger partial charge >= 0.3 is 5.69 Å². The van der Waals surface area contributed by atoms with Gasteiger partial charge in [-0.3, -0.25) is 38.3 Å². The van der Waals surface area contributed by atoms with Crippen LogP contribution in [0.15, 0.2) is 83.9 Å². The summed E-state index contributed by atoms with van der Waals surface area (Å²) in [6.07, 6.45) is 9.29. The topological polar surface area (TPSA) is 148 Å². The van der Waals surface area contributed by atoms with E-state index in [4.69, 9.17) is 4.98 Å². The third kappa shape index (κ3) is 7.42. The summed E-state index contributed by atoms with van der Waals surface area (Å²) in [6, 6.07) is 19.6. The molecule has 6 aromatic rings. The van der Waals surface area contributed by atoms with Crippen molar-refractivity contribution in [3.8, 4) is 11.1 Å². The summed E-state index contributed by atoms with van der Waals surface area (Å²) in [6.45, 7) is 3.43. The quantitative estimate of drug-likeness (QED) is 0.186. The van der Waals surface area contributed by atoms with Crippen LogP contribution >= 0.6 is 11.3 Å². The number of benzene rings is 3. The van der Waals surface area contributed by atoms with E-state index >= 15 is 0 Å². The van der Waals surface area contributed by atoms with Crippen molar-refractivity contribution >= 4 is 67.5 Å². The third-order valence-corrected chi connectivity index (χ3v) is 13.3. The first-order valence-corrected chi connectivity index (χ1v) is 21.3. The first-order valence-electron chi connectivity index (χ1n) is 20.5. The van der Waals surface area contributed by atoms with Gasteiger partial charge in [0, 0.05) is 101 Å². The third-order valence-electron chi connectivity index (χ3n) is 12.2. The van der Waals surface area contributed by atoms with Crippen LogP contribution in [0.2, 0.25) is 0 Å². The Labute approximate surface area is 350 Å². The van der Waals surface area contributed by atoms with Gasteiger partial charge in [-0.1, -0.05) is 24.3 Å². The predicted molar refractivity (Wildman–Crippen MR) is 232 cm³/mol. The van der Waals surface area contributed by atoms with Crippen LogP contribution in [0.3, 0.4) is 0 Å². The Morgan fingerprint density at radius 2 is 1.75 bits per heavy atom. The predicted octanol–water partition coefficient (Wildman–Crippen LogP) is 5.58. The molecule has 15 heteroatoms. The maximum Gasteiger partial charge on any atom is 0.329 e. The molecule has 6 heterocycles. The zero-order chi connectivity index (χ0) is 41.7. The van der Waals surface area contributed by atoms with E-state index in [2.05, 4.69) is 57.8 Å². The van der Waals surface area contributed by atoms with Crippen molar-refractivity contribution < 1.29 is 19.2 Å². The Kier molecular flexibility index (Phi) is 10.4. The fourth-order valence-electron chi connectivity index (χ4n) is 8.87. The number of imide groups is 1. The number of hydrogen-bond acceptors (Lipinski definition) is 9. The number of anilines is 1. The number of aromatic nitrogens is 5. The van der Waals surface area contributed by atoms with E-state index in [1.54, 1.807) is 52.8 Å². The fraction of sp³-hybridized carbons (Fsp3) is 0.356. The zero-order valence-electron chi connectivity index (χ0n) is 34.0. The second kappa shape index (κ2) is 16.0. The highest BCUT2D eigenvalue weighted by molar-refractivity contribution is 7.19. The monoisotopic (exact) mass is 825 g/mol. The smallest absolute Gasteiger partial charge is 0.329 e. The first-order chi connectivity index (χ1) is 29.0. The summed E-state index contributed by atoms with van der Waals surface area (Å²) in [7, 11) is 5.25. The molecule has 60 heavy (non-hydrogen) atoms. The highest BCUT2D eigenvalue weighted by atomic mass is 32.1. The van der Waals surface area contributed by atoms with Crippen LogP contribution in [0, 0.1) is 0 Å². The van der Waals surface area contributed by atoms with Crippen molar-refractivity contribution in [2.75, 3.05) is 45.2 Å². The number of nitrogens with one attached hydrogen (secondary N) is 1. The number of hydrogen-bond donors (Lipinski definition) is 1. The average Bonchev–Trinajstić information content (AvgIpc) is 4.01. The van der Waals surface area contributed by atoms with E-state index in [-0.39, 0.29) is 29.8 Å². The number of aryl methyl sites for hydroxylation is 2. The van der Waals surface area contributed by atoms with Crippen LogP contribution in [0.25, 0.3) is 38.0 Å². The van der Waals surface area contributed by atoms with Gasteiger partial charge in [0.15, 0.2) is 0 Å². The lowest BCUT2D eigenvalue weighted by Crippen LogP contribution is -2.44. The van der Waals surface area contributed by atoms with Gasteiger partial charge in [0.2, 0.25) is 17.7 Å². The number of carbonyl (C=O) groups excluding carboxylic acids is 4. The Morgan fingerprint density at radius 1 is 0.950 bits per heavy atom. The molecule has 2 fully saturated rings. The number of amides is 4. The highest BCUT2D eigenvalue weighted by Gasteiger charge is 2.32. The van der Waals surface area contributed by atoms with Crippen LogP contribution < -0.4 is 15.9 Å². The van der Waals surface area contributed by atoms with Crippen LogP contribution in [0.4, 0.5) is 5.69 Å². The standard InChI is InChI=1S/C45H47N9O5S/c1-49(2)44(58)32-24-34(41-38(26-32)60-43(48-41)31-6-4-19-52(27-31)40(56)17-23-53-20-5-18-46-53)29-7-10-33(11-8-29)51-21-15-28(16-22-51)30-9-12-35-37(25-30)50(3)45(59)54(35)36-13-14-39(55)47-42(36)57/h5-12,18,20,24-26,28,36H,4,13-17,19,21-23,27H2,1-3H3,(H,47,55,57). The van der Waals surface area contributed by atoms with E-state index in [1.807, 2.05) is 35.4 Å². The van der Waals surface area contributed by atoms with Gasteiger partial charge in [0.25, 0.3) is 5.91 Å². The minimum atomic E-state index is -0.706. The number of rotatable bonds is 9. The lowest BCUT2D eigenvalue weighted by molar-refractivity contribution is -0.136. The molecule has 3 aromatic heterocycles. The molecule has 3 aliphatic rings. The summed E-state index contributed by atoms with van der Waals surface area (Å²) in [4.78, 5) is 75.3. The van der Waals surface area contributed by atoms with Crippen molar-refractivity contribution in [2.24, 2.45) is 7.05 Å². The average molecular weight is 826 g/mol. The Morgan fingerprint density at radius 3 is 2.48 bits per heavy atom. The van der Waals surface area contributed by atoms with Crippen molar-refractivity contribution in [3.05, 3.63) is 106 Å². The Bertz CT molecular complexity index is 2740. The summed E-state index contributed by atoms with van der Waals surface area (Å²) >= 11 is 1.56. The van der Waals surface area contributed by atoms with Gasteiger partial charge in [0.1, 0.15) is 11.0 Å². The number of piperidine rings is 2. The molecule has 1 unspecified atom stereocenters. The molecule has 0 saturated carbocycles. The first kappa shape index (κ1) is 39.1. The van der Waals surface area contributed by atoms with Crippen molar-refractivity contribution in [2.45, 2.75) is 57.0 Å². The summed E-state index contributed by atoms with van der Waals surface area (Å²) < 4.78 is 5.83. The van der Waals surface area contributed by atoms with Gasteiger partial charge < -0.3 is 14.7 Å². The van der Waals surface area contributed by atoms with E-state index in [0.717, 1.165) is 75.5 Å². The second-order valence-corrected chi connectivity index (χ2v) is 17.2. The number of fused-ring (bicyclic) bond motifs is 2. The van der Waals surface area contributed by atoms with Gasteiger partial charge in [-0.2, -0.15) is 5.10 Å². The number of nitrogens with zero attached hydrogens (tertiary/aromatic N) is 8. The summed E-state index contributed by atoms with van der Waals surface area (Å²) in [5.74, 6) is -0.411. The normalized spacial score (nSPS) is 17.6. The number of carbonyl (C=O) groups is 4. The zero-order valence-corrected chi connectivity index (χ0v) is 34.8. The van der Waals surface area contributed by atoms with Gasteiger partial charge in [-0.25, -0.2) is 9.78 Å². The molecular weight excluding hydrogens is 779 g/mol. The lowest BCUT2D eigenvalue weighted by atomic mass is 9.89. The maximum absolute atomic E-state index is 13.3. The molecule has 4 amide bonds. The molecule has 308 valence electrons. The van der Waals surface area contributed by atoms with Crippen molar-refractivity contribution in [1.82, 2.24) is 39.0 Å². The second-order valence-electron chi connectivity index (χ2n) is 16.2. The molecule has 0 aliphatic carbocycles. The van der Waals surface area contributed by atoms with Crippen LogP contribution in [-0.2, 0) is 28.0 Å². The molecule has 14 nitrogen and oxygen atoms in total. The molecule has 1 atom stereocenters. The maximum atomic E-state index is 13.3. The Balaban J connectivity index is 0.915. The van der Waals surface area contributed by atoms with E-state index in [9.17, 15) is 24.0 Å². The largest absolute Gasteiger partial charge is 0.371 e. The molecule has 2 saturated heterocycles. The Hall–Kier alpha value is -6.35. The SMILES string of the molecule is CN(C)C(=O)c1cc(-c2ccc(N3CCC(c4ccc5c(c4)n(C)c(=O)n5C4CCC(=O)NC4=O)CC3)cc2)c2nc(C3=CCCN(C(=O)CCn4cccn4)C3)sc2c1. The lowest BCUT2D eigenvalue weighted by Gasteiger charge is -2.34. The van der Waals surface area contributed by atoms with Crippen LogP contribution in [0.5, 0.6) is 0 Å². The molecule has 9 rings (SSSR count).